The molecule has 0 spiro atoms. The molecule has 2 N–H and O–H groups in total. The lowest BCUT2D eigenvalue weighted by atomic mass is 10.1. The Morgan fingerprint density at radius 2 is 1.96 bits per heavy atom. The summed E-state index contributed by atoms with van der Waals surface area (Å²) in [4.78, 5) is 27.7. The number of anilines is 1. The first-order valence-corrected chi connectivity index (χ1v) is 8.38. The third-order valence-corrected chi connectivity index (χ3v) is 3.47. The number of aryl methyl sites for hydroxylation is 1. The SMILES string of the molecule is CCC(=O)Nc1cc(C(=O)NCc2cc(C)cc(OC(C)(F)F)c2)ccn1. The molecular formula is C19H21F2N3O3. The third-order valence-electron chi connectivity index (χ3n) is 3.47. The zero-order valence-corrected chi connectivity index (χ0v) is 15.3. The predicted octanol–water partition coefficient (Wildman–Crippen LogP) is 3.66. The molecule has 0 saturated heterocycles. The molecule has 1 heterocycles. The van der Waals surface area contributed by atoms with Gasteiger partial charge in [-0.3, -0.25) is 9.59 Å². The smallest absolute Gasteiger partial charge is 0.394 e. The van der Waals surface area contributed by atoms with Gasteiger partial charge in [0.25, 0.3) is 5.91 Å². The van der Waals surface area contributed by atoms with E-state index in [1.807, 2.05) is 0 Å². The first-order valence-electron chi connectivity index (χ1n) is 8.38. The molecule has 0 aliphatic heterocycles. The molecule has 0 atom stereocenters. The van der Waals surface area contributed by atoms with Crippen LogP contribution in [0.15, 0.2) is 36.5 Å². The van der Waals surface area contributed by atoms with E-state index in [9.17, 15) is 18.4 Å². The Morgan fingerprint density at radius 3 is 2.63 bits per heavy atom. The van der Waals surface area contributed by atoms with Gasteiger partial charge in [-0.2, -0.15) is 8.78 Å². The Labute approximate surface area is 155 Å². The number of benzene rings is 1. The minimum absolute atomic E-state index is 0.0280. The van der Waals surface area contributed by atoms with Crippen molar-refractivity contribution < 1.29 is 23.1 Å². The molecule has 0 bridgehead atoms. The molecule has 144 valence electrons. The lowest BCUT2D eigenvalue weighted by molar-refractivity contribution is -0.159. The van der Waals surface area contributed by atoms with Gasteiger partial charge in [0.1, 0.15) is 11.6 Å². The van der Waals surface area contributed by atoms with Gasteiger partial charge in [0.05, 0.1) is 0 Å². The van der Waals surface area contributed by atoms with E-state index in [0.29, 0.717) is 24.5 Å². The van der Waals surface area contributed by atoms with Gasteiger partial charge in [0, 0.05) is 31.6 Å². The zero-order chi connectivity index (χ0) is 20.0. The first-order chi connectivity index (χ1) is 12.7. The van der Waals surface area contributed by atoms with Crippen molar-refractivity contribution in [2.24, 2.45) is 0 Å². The van der Waals surface area contributed by atoms with Crippen LogP contribution in [0.5, 0.6) is 5.75 Å². The Morgan fingerprint density at radius 1 is 1.22 bits per heavy atom. The van der Waals surface area contributed by atoms with Gasteiger partial charge in [-0.05, 0) is 42.3 Å². The summed E-state index contributed by atoms with van der Waals surface area (Å²) in [5.74, 6) is -0.277. The molecule has 2 rings (SSSR count). The molecule has 1 aromatic heterocycles. The molecule has 0 saturated carbocycles. The molecule has 0 aliphatic rings. The maximum atomic E-state index is 13.0. The van der Waals surface area contributed by atoms with E-state index in [0.717, 1.165) is 5.56 Å². The van der Waals surface area contributed by atoms with Gasteiger partial charge in [0.15, 0.2) is 0 Å². The minimum Gasteiger partial charge on any atom is -0.433 e. The molecule has 0 radical (unpaired) electrons. The standard InChI is InChI=1S/C19H21F2N3O3/c1-4-17(25)24-16-10-14(5-6-22-16)18(26)23-11-13-7-12(2)8-15(9-13)27-19(3,20)21/h5-10H,4,11H2,1-3H3,(H,23,26)(H,22,24,25). The Balaban J connectivity index is 2.05. The highest BCUT2D eigenvalue weighted by molar-refractivity contribution is 5.96. The van der Waals surface area contributed by atoms with E-state index in [1.165, 1.54) is 30.5 Å². The van der Waals surface area contributed by atoms with Crippen molar-refractivity contribution in [2.75, 3.05) is 5.32 Å². The topological polar surface area (TPSA) is 80.3 Å². The number of ether oxygens (including phenoxy) is 1. The number of alkyl halides is 2. The van der Waals surface area contributed by atoms with Crippen molar-refractivity contribution in [2.45, 2.75) is 39.8 Å². The molecule has 8 heteroatoms. The van der Waals surface area contributed by atoms with E-state index in [-0.39, 0.29) is 29.9 Å². The molecule has 0 aliphatic carbocycles. The average Bonchev–Trinajstić information content (AvgIpc) is 2.57. The highest BCUT2D eigenvalue weighted by Gasteiger charge is 2.23. The van der Waals surface area contributed by atoms with Crippen LogP contribution in [0.25, 0.3) is 0 Å². The largest absolute Gasteiger partial charge is 0.433 e. The number of carbonyl (C=O) groups excluding carboxylic acids is 2. The number of carbonyl (C=O) groups is 2. The summed E-state index contributed by atoms with van der Waals surface area (Å²) >= 11 is 0. The highest BCUT2D eigenvalue weighted by atomic mass is 19.3. The summed E-state index contributed by atoms with van der Waals surface area (Å²) in [7, 11) is 0. The normalized spacial score (nSPS) is 11.0. The van der Waals surface area contributed by atoms with Crippen LogP contribution in [0.4, 0.5) is 14.6 Å². The first kappa shape index (κ1) is 20.3. The van der Waals surface area contributed by atoms with Crippen LogP contribution in [0.2, 0.25) is 0 Å². The van der Waals surface area contributed by atoms with Crippen molar-refractivity contribution >= 4 is 17.6 Å². The van der Waals surface area contributed by atoms with Crippen LogP contribution < -0.4 is 15.4 Å². The molecule has 1 aromatic carbocycles. The van der Waals surface area contributed by atoms with Crippen molar-refractivity contribution in [3.05, 3.63) is 53.2 Å². The van der Waals surface area contributed by atoms with Crippen LogP contribution >= 0.6 is 0 Å². The van der Waals surface area contributed by atoms with Crippen LogP contribution in [0.3, 0.4) is 0 Å². The molecular weight excluding hydrogens is 356 g/mol. The summed E-state index contributed by atoms with van der Waals surface area (Å²) in [5, 5.41) is 5.28. The number of halogens is 2. The zero-order valence-electron chi connectivity index (χ0n) is 15.3. The fourth-order valence-corrected chi connectivity index (χ4v) is 2.35. The number of hydrogen-bond donors (Lipinski definition) is 2. The number of amides is 2. The van der Waals surface area contributed by atoms with E-state index in [1.54, 1.807) is 19.9 Å². The second-order valence-corrected chi connectivity index (χ2v) is 6.08. The number of hydrogen-bond acceptors (Lipinski definition) is 4. The van der Waals surface area contributed by atoms with Crippen LogP contribution in [0, 0.1) is 6.92 Å². The number of rotatable bonds is 7. The molecule has 6 nitrogen and oxygen atoms in total. The Kier molecular flexibility index (Phi) is 6.44. The fraction of sp³-hybridized carbons (Fsp3) is 0.316. The number of aromatic nitrogens is 1. The Bertz CT molecular complexity index is 835. The molecule has 0 unspecified atom stereocenters. The Hall–Kier alpha value is -3.03. The quantitative estimate of drug-likeness (QED) is 0.772. The summed E-state index contributed by atoms with van der Waals surface area (Å²) in [5.41, 5.74) is 1.67. The number of pyridine rings is 1. The second-order valence-electron chi connectivity index (χ2n) is 6.08. The van der Waals surface area contributed by atoms with Crippen LogP contribution in [-0.4, -0.2) is 22.9 Å². The highest BCUT2D eigenvalue weighted by Crippen LogP contribution is 2.23. The van der Waals surface area contributed by atoms with Crippen LogP contribution in [0.1, 0.15) is 41.8 Å². The van der Waals surface area contributed by atoms with Crippen LogP contribution in [-0.2, 0) is 11.3 Å². The lowest BCUT2D eigenvalue weighted by Gasteiger charge is -2.15. The fourth-order valence-electron chi connectivity index (χ4n) is 2.35. The lowest BCUT2D eigenvalue weighted by Crippen LogP contribution is -2.23. The van der Waals surface area contributed by atoms with E-state index < -0.39 is 6.11 Å². The van der Waals surface area contributed by atoms with Gasteiger partial charge in [-0.15, -0.1) is 0 Å². The predicted molar refractivity (Wildman–Crippen MR) is 96.8 cm³/mol. The number of nitrogens with zero attached hydrogens (tertiary/aromatic N) is 1. The van der Waals surface area contributed by atoms with Crippen molar-refractivity contribution in [3.63, 3.8) is 0 Å². The van der Waals surface area contributed by atoms with E-state index >= 15 is 0 Å². The maximum absolute atomic E-state index is 13.0. The molecule has 2 aromatic rings. The summed E-state index contributed by atoms with van der Waals surface area (Å²) in [6.07, 6.45) is -1.57. The monoisotopic (exact) mass is 377 g/mol. The van der Waals surface area contributed by atoms with Gasteiger partial charge in [-0.1, -0.05) is 13.0 Å². The molecule has 2 amide bonds. The molecule has 27 heavy (non-hydrogen) atoms. The van der Waals surface area contributed by atoms with Crippen molar-refractivity contribution in [1.82, 2.24) is 10.3 Å². The van der Waals surface area contributed by atoms with Gasteiger partial charge in [-0.25, -0.2) is 4.98 Å². The molecule has 0 fully saturated rings. The third kappa shape index (κ3) is 6.65. The van der Waals surface area contributed by atoms with Gasteiger partial charge in [0.2, 0.25) is 5.91 Å². The van der Waals surface area contributed by atoms with E-state index in [2.05, 4.69) is 20.4 Å². The maximum Gasteiger partial charge on any atom is 0.394 e. The van der Waals surface area contributed by atoms with Gasteiger partial charge >= 0.3 is 6.11 Å². The van der Waals surface area contributed by atoms with Gasteiger partial charge < -0.3 is 15.4 Å². The minimum atomic E-state index is -3.29. The summed E-state index contributed by atoms with van der Waals surface area (Å²) in [6.45, 7) is 4.25. The summed E-state index contributed by atoms with van der Waals surface area (Å²) in [6, 6.07) is 7.68. The number of nitrogens with one attached hydrogen (secondary N) is 2. The average molecular weight is 377 g/mol. The summed E-state index contributed by atoms with van der Waals surface area (Å²) < 4.78 is 30.6. The van der Waals surface area contributed by atoms with Crippen molar-refractivity contribution in [1.29, 1.82) is 0 Å². The second kappa shape index (κ2) is 8.57. The van der Waals surface area contributed by atoms with Crippen molar-refractivity contribution in [3.8, 4) is 5.75 Å². The van der Waals surface area contributed by atoms with E-state index in [4.69, 9.17) is 0 Å².